The Hall–Kier alpha value is -3.30. The number of morpholine rings is 1. The maximum absolute atomic E-state index is 15.1. The van der Waals surface area contributed by atoms with Crippen LogP contribution in [-0.2, 0) is 10.5 Å². The molecule has 3 aliphatic heterocycles. The van der Waals surface area contributed by atoms with Gasteiger partial charge in [-0.15, -0.1) is 11.8 Å². The van der Waals surface area contributed by atoms with E-state index in [1.807, 2.05) is 35.3 Å². The van der Waals surface area contributed by atoms with Crippen LogP contribution in [0.4, 0.5) is 4.39 Å². The Morgan fingerprint density at radius 2 is 1.86 bits per heavy atom. The summed E-state index contributed by atoms with van der Waals surface area (Å²) in [6, 6.07) is 13.8. The van der Waals surface area contributed by atoms with Crippen molar-refractivity contribution in [1.29, 1.82) is 0 Å². The maximum Gasteiger partial charge on any atom is 0.278 e. The van der Waals surface area contributed by atoms with Crippen LogP contribution < -0.4 is 10.4 Å². The van der Waals surface area contributed by atoms with Gasteiger partial charge < -0.3 is 14.7 Å². The average Bonchev–Trinajstić information content (AvgIpc) is 3.64. The van der Waals surface area contributed by atoms with Gasteiger partial charge in [0.1, 0.15) is 12.0 Å². The van der Waals surface area contributed by atoms with Crippen LogP contribution in [0.15, 0.2) is 64.4 Å². The van der Waals surface area contributed by atoms with Crippen LogP contribution in [0.25, 0.3) is 0 Å². The molecule has 2 fully saturated rings. The Kier molecular flexibility index (Phi) is 4.41. The van der Waals surface area contributed by atoms with Gasteiger partial charge in [0.15, 0.2) is 11.4 Å². The molecule has 9 heteroatoms. The van der Waals surface area contributed by atoms with Crippen molar-refractivity contribution < 1.29 is 19.0 Å². The van der Waals surface area contributed by atoms with E-state index in [0.717, 1.165) is 28.9 Å². The zero-order valence-electron chi connectivity index (χ0n) is 18.7. The zero-order valence-corrected chi connectivity index (χ0v) is 19.5. The first-order valence-electron chi connectivity index (χ1n) is 11.6. The molecule has 4 heterocycles. The van der Waals surface area contributed by atoms with E-state index in [0.29, 0.717) is 17.9 Å². The quantitative estimate of drug-likeness (QED) is 0.563. The number of ether oxygens (including phenoxy) is 1. The predicted molar refractivity (Wildman–Crippen MR) is 128 cm³/mol. The number of hydrogen-bond acceptors (Lipinski definition) is 6. The largest absolute Gasteiger partial charge is 0.502 e. The molecule has 2 aromatic carbocycles. The van der Waals surface area contributed by atoms with Crippen LogP contribution in [0.1, 0.15) is 46.1 Å². The molecule has 7 rings (SSSR count). The molecule has 4 aliphatic rings. The number of halogens is 1. The van der Waals surface area contributed by atoms with E-state index in [4.69, 9.17) is 4.74 Å². The minimum Gasteiger partial charge on any atom is -0.502 e. The van der Waals surface area contributed by atoms with Crippen molar-refractivity contribution in [2.45, 2.75) is 41.2 Å². The monoisotopic (exact) mass is 491 g/mol. The predicted octanol–water partition coefficient (Wildman–Crippen LogP) is 3.37. The van der Waals surface area contributed by atoms with Gasteiger partial charge in [-0.25, -0.2) is 4.39 Å². The molecule has 7 nitrogen and oxygen atoms in total. The molecular formula is C26H22FN3O4S. The molecule has 1 aromatic heterocycles. The van der Waals surface area contributed by atoms with E-state index in [2.05, 4.69) is 0 Å². The number of carbonyl (C=O) groups excluding carboxylic acids is 1. The van der Waals surface area contributed by atoms with E-state index in [9.17, 15) is 14.7 Å². The first-order valence-corrected chi connectivity index (χ1v) is 12.6. The second kappa shape index (κ2) is 7.35. The number of nitrogens with zero attached hydrogens (tertiary/aromatic N) is 3. The zero-order chi connectivity index (χ0) is 23.9. The summed E-state index contributed by atoms with van der Waals surface area (Å²) >= 11 is 1.58. The van der Waals surface area contributed by atoms with E-state index >= 15 is 4.39 Å². The molecule has 1 spiro atoms. The van der Waals surface area contributed by atoms with E-state index in [1.165, 1.54) is 18.3 Å². The van der Waals surface area contributed by atoms with Crippen LogP contribution in [0.2, 0.25) is 0 Å². The number of amides is 1. The molecule has 0 unspecified atom stereocenters. The molecule has 0 bridgehead atoms. The van der Waals surface area contributed by atoms with Gasteiger partial charge in [0.05, 0.1) is 24.8 Å². The molecule has 1 saturated heterocycles. The van der Waals surface area contributed by atoms with Crippen LogP contribution in [-0.4, -0.2) is 45.5 Å². The Labute approximate surface area is 204 Å². The summed E-state index contributed by atoms with van der Waals surface area (Å²) in [5, 5.41) is 12.8. The fraction of sp³-hybridized carbons (Fsp3) is 0.308. The van der Waals surface area contributed by atoms with Crippen molar-refractivity contribution in [1.82, 2.24) is 9.58 Å². The van der Waals surface area contributed by atoms with Gasteiger partial charge in [-0.1, -0.05) is 30.3 Å². The van der Waals surface area contributed by atoms with Gasteiger partial charge in [0.25, 0.3) is 5.91 Å². The maximum atomic E-state index is 15.1. The van der Waals surface area contributed by atoms with Gasteiger partial charge in [-0.05, 0) is 36.1 Å². The summed E-state index contributed by atoms with van der Waals surface area (Å²) in [4.78, 5) is 29.0. The molecule has 1 saturated carbocycles. The van der Waals surface area contributed by atoms with Gasteiger partial charge in [-0.2, -0.15) is 0 Å². The third kappa shape index (κ3) is 2.88. The SMILES string of the molecule is O=C1c2c(O)c(=O)ccn2N([C@@H]2c3ccccc3SCc3c(F)cccc32)[C@@H]2COCC3(CC3)N12. The summed E-state index contributed by atoms with van der Waals surface area (Å²) in [5.41, 5.74) is 1.24. The molecule has 35 heavy (non-hydrogen) atoms. The Morgan fingerprint density at radius 1 is 1.06 bits per heavy atom. The lowest BCUT2D eigenvalue weighted by Gasteiger charge is -2.54. The minimum atomic E-state index is -0.607. The molecule has 0 radical (unpaired) electrons. The van der Waals surface area contributed by atoms with E-state index in [1.54, 1.807) is 27.4 Å². The highest BCUT2D eigenvalue weighted by atomic mass is 32.2. The van der Waals surface area contributed by atoms with Gasteiger partial charge in [0.2, 0.25) is 5.43 Å². The molecule has 1 N–H and O–H groups in total. The van der Waals surface area contributed by atoms with Crippen molar-refractivity contribution >= 4 is 17.7 Å². The lowest BCUT2D eigenvalue weighted by atomic mass is 9.93. The Morgan fingerprint density at radius 3 is 2.69 bits per heavy atom. The van der Waals surface area contributed by atoms with Gasteiger partial charge in [-0.3, -0.25) is 19.3 Å². The smallest absolute Gasteiger partial charge is 0.278 e. The van der Waals surface area contributed by atoms with Crippen molar-refractivity contribution in [3.63, 3.8) is 0 Å². The summed E-state index contributed by atoms with van der Waals surface area (Å²) in [6.07, 6.45) is 2.62. The standard InChI is InChI=1S/C26H22FN3O4S/c27-18-6-3-5-15-17(18)13-35-20-7-2-1-4-16(20)22(15)30-21-12-34-14-26(9-10-26)29(21)25(33)23-24(32)19(31)8-11-28(23)30/h1-8,11,21-22,32H,9-10,12-14H2/t21-,22+/m1/s1. The molecule has 1 aliphatic carbocycles. The number of carbonyl (C=O) groups is 1. The molecule has 3 aromatic rings. The second-order valence-corrected chi connectivity index (χ2v) is 10.6. The highest BCUT2D eigenvalue weighted by molar-refractivity contribution is 7.98. The van der Waals surface area contributed by atoms with Crippen molar-refractivity contribution in [3.05, 3.63) is 93.2 Å². The first-order chi connectivity index (χ1) is 17.0. The molecule has 1 amide bonds. The van der Waals surface area contributed by atoms with Crippen LogP contribution in [0, 0.1) is 5.82 Å². The van der Waals surface area contributed by atoms with Crippen LogP contribution in [0.3, 0.4) is 0 Å². The number of benzene rings is 2. The van der Waals surface area contributed by atoms with Crippen molar-refractivity contribution in [2.24, 2.45) is 0 Å². The van der Waals surface area contributed by atoms with E-state index < -0.39 is 28.9 Å². The number of aromatic hydroxyl groups is 1. The number of thioether (sulfide) groups is 1. The fourth-order valence-electron chi connectivity index (χ4n) is 5.78. The third-order valence-electron chi connectivity index (χ3n) is 7.60. The lowest BCUT2D eigenvalue weighted by molar-refractivity contribution is -0.0617. The third-order valence-corrected chi connectivity index (χ3v) is 8.72. The summed E-state index contributed by atoms with van der Waals surface area (Å²) < 4.78 is 22.8. The Bertz CT molecular complexity index is 1450. The number of rotatable bonds is 1. The molecular weight excluding hydrogens is 469 g/mol. The number of pyridine rings is 1. The van der Waals surface area contributed by atoms with Crippen molar-refractivity contribution in [3.8, 4) is 5.75 Å². The molecule has 178 valence electrons. The summed E-state index contributed by atoms with van der Waals surface area (Å²) in [5.74, 6) is -0.754. The minimum absolute atomic E-state index is 0.0609. The average molecular weight is 492 g/mol. The topological polar surface area (TPSA) is 75.0 Å². The highest BCUT2D eigenvalue weighted by Crippen LogP contribution is 2.51. The van der Waals surface area contributed by atoms with Crippen molar-refractivity contribution in [2.75, 3.05) is 18.2 Å². The van der Waals surface area contributed by atoms with Gasteiger partial charge in [0, 0.05) is 28.5 Å². The first kappa shape index (κ1) is 21.0. The van der Waals surface area contributed by atoms with Crippen LogP contribution >= 0.6 is 11.8 Å². The fourth-order valence-corrected chi connectivity index (χ4v) is 6.90. The molecule has 2 atom stereocenters. The normalized spacial score (nSPS) is 23.7. The summed E-state index contributed by atoms with van der Waals surface area (Å²) in [7, 11) is 0. The number of fused-ring (bicyclic) bond motifs is 5. The van der Waals surface area contributed by atoms with E-state index in [-0.39, 0.29) is 24.0 Å². The number of aromatic nitrogens is 1. The second-order valence-electron chi connectivity index (χ2n) is 9.53. The number of hydrogen-bond donors (Lipinski definition) is 1. The highest BCUT2D eigenvalue weighted by Gasteiger charge is 2.60. The van der Waals surface area contributed by atoms with Gasteiger partial charge >= 0.3 is 0 Å². The Balaban J connectivity index is 1.54. The lowest BCUT2D eigenvalue weighted by Crippen LogP contribution is -2.70. The van der Waals surface area contributed by atoms with Crippen LogP contribution in [0.5, 0.6) is 5.75 Å². The summed E-state index contributed by atoms with van der Waals surface area (Å²) in [6.45, 7) is 0.680.